The standard InChI is InChI=1S/C24H18N6O4/c1-16(31)29-24(34-23(27-29)18-11-13-25-14-12-18)21-15-28(19-5-3-2-4-6-19)26-22(21)17-7-9-20(10-8-17)30(32)33/h2-15,24H,1H3/t24-/m1/s1. The van der Waals surface area contributed by atoms with Crippen molar-refractivity contribution in [2.75, 3.05) is 0 Å². The van der Waals surface area contributed by atoms with Crippen LogP contribution in [0.25, 0.3) is 16.9 Å². The molecular weight excluding hydrogens is 436 g/mol. The maximum atomic E-state index is 12.5. The first-order chi connectivity index (χ1) is 16.5. The Morgan fingerprint density at radius 1 is 1.00 bits per heavy atom. The van der Waals surface area contributed by atoms with E-state index in [9.17, 15) is 14.9 Å². The molecule has 2 aromatic heterocycles. The molecule has 0 aliphatic carbocycles. The Bertz CT molecular complexity index is 1380. The summed E-state index contributed by atoms with van der Waals surface area (Å²) in [5.74, 6) is -0.0270. The average Bonchev–Trinajstić information content (AvgIpc) is 3.50. The van der Waals surface area contributed by atoms with Gasteiger partial charge in [0.15, 0.2) is 0 Å². The number of carbonyl (C=O) groups is 1. The van der Waals surface area contributed by atoms with Gasteiger partial charge in [0.2, 0.25) is 18.0 Å². The maximum absolute atomic E-state index is 12.5. The summed E-state index contributed by atoms with van der Waals surface area (Å²) < 4.78 is 7.83. The molecule has 10 heteroatoms. The van der Waals surface area contributed by atoms with Gasteiger partial charge >= 0.3 is 0 Å². The van der Waals surface area contributed by atoms with E-state index in [2.05, 4.69) is 10.1 Å². The van der Waals surface area contributed by atoms with Crippen molar-refractivity contribution in [1.82, 2.24) is 19.8 Å². The molecule has 0 fully saturated rings. The van der Waals surface area contributed by atoms with Crippen LogP contribution in [0.5, 0.6) is 0 Å². The lowest BCUT2D eigenvalue weighted by atomic mass is 10.1. The molecule has 0 N–H and O–H groups in total. The molecule has 0 saturated heterocycles. The number of nitro benzene ring substituents is 1. The van der Waals surface area contributed by atoms with Crippen molar-refractivity contribution < 1.29 is 14.5 Å². The Labute approximate surface area is 193 Å². The number of benzene rings is 2. The number of para-hydroxylation sites is 1. The fourth-order valence-corrected chi connectivity index (χ4v) is 3.63. The van der Waals surface area contributed by atoms with Crippen LogP contribution in [0.2, 0.25) is 0 Å². The van der Waals surface area contributed by atoms with Crippen LogP contribution in [0.3, 0.4) is 0 Å². The average molecular weight is 454 g/mol. The molecular formula is C24H18N6O4. The number of hydrogen-bond acceptors (Lipinski definition) is 7. The van der Waals surface area contributed by atoms with Crippen molar-refractivity contribution >= 4 is 17.5 Å². The van der Waals surface area contributed by atoms with Gasteiger partial charge in [0.05, 0.1) is 16.2 Å². The molecule has 34 heavy (non-hydrogen) atoms. The zero-order valence-electron chi connectivity index (χ0n) is 18.0. The van der Waals surface area contributed by atoms with Gasteiger partial charge in [-0.2, -0.15) is 10.1 Å². The summed E-state index contributed by atoms with van der Waals surface area (Å²) in [6.07, 6.45) is 4.13. The number of nitrogens with zero attached hydrogens (tertiary/aromatic N) is 6. The first kappa shape index (κ1) is 21.0. The molecule has 0 radical (unpaired) electrons. The number of aromatic nitrogens is 3. The Morgan fingerprint density at radius 2 is 1.71 bits per heavy atom. The van der Waals surface area contributed by atoms with E-state index >= 15 is 0 Å². The molecule has 10 nitrogen and oxygen atoms in total. The van der Waals surface area contributed by atoms with Gasteiger partial charge in [0, 0.05) is 48.8 Å². The SMILES string of the molecule is CC(=O)N1N=C(c2ccncc2)O[C@@H]1c1cn(-c2ccccc2)nc1-c1ccc([N+](=O)[O-])cc1. The minimum Gasteiger partial charge on any atom is -0.446 e. The predicted molar refractivity (Wildman–Crippen MR) is 123 cm³/mol. The van der Waals surface area contributed by atoms with Crippen LogP contribution >= 0.6 is 0 Å². The van der Waals surface area contributed by atoms with Gasteiger partial charge in [0.25, 0.3) is 5.69 Å². The van der Waals surface area contributed by atoms with E-state index in [1.807, 2.05) is 30.3 Å². The molecule has 1 amide bonds. The number of pyridine rings is 1. The molecule has 0 spiro atoms. The molecule has 168 valence electrons. The minimum absolute atomic E-state index is 0.0291. The fraction of sp³-hybridized carbons (Fsp3) is 0.0833. The zero-order valence-corrected chi connectivity index (χ0v) is 18.0. The monoisotopic (exact) mass is 454 g/mol. The number of carbonyl (C=O) groups excluding carboxylic acids is 1. The summed E-state index contributed by atoms with van der Waals surface area (Å²) in [6.45, 7) is 1.41. The zero-order chi connectivity index (χ0) is 23.7. The van der Waals surface area contributed by atoms with Crippen LogP contribution in [-0.4, -0.2) is 36.5 Å². The molecule has 1 aliphatic rings. The second kappa shape index (κ2) is 8.58. The molecule has 4 aromatic rings. The molecule has 0 bridgehead atoms. The van der Waals surface area contributed by atoms with E-state index in [0.29, 0.717) is 22.4 Å². The van der Waals surface area contributed by atoms with Crippen LogP contribution in [0.1, 0.15) is 24.3 Å². The van der Waals surface area contributed by atoms with Crippen LogP contribution in [0.15, 0.2) is 90.4 Å². The van der Waals surface area contributed by atoms with Crippen molar-refractivity contribution in [2.45, 2.75) is 13.2 Å². The molecule has 1 aliphatic heterocycles. The van der Waals surface area contributed by atoms with Crippen molar-refractivity contribution in [2.24, 2.45) is 5.10 Å². The summed E-state index contributed by atoms with van der Waals surface area (Å²) in [5, 5.41) is 21.5. The van der Waals surface area contributed by atoms with Gasteiger partial charge < -0.3 is 4.74 Å². The maximum Gasteiger partial charge on any atom is 0.269 e. The predicted octanol–water partition coefficient (Wildman–Crippen LogP) is 4.08. The van der Waals surface area contributed by atoms with E-state index in [1.165, 1.54) is 24.1 Å². The highest BCUT2D eigenvalue weighted by Gasteiger charge is 2.36. The van der Waals surface area contributed by atoms with E-state index in [4.69, 9.17) is 9.84 Å². The Hall–Kier alpha value is -4.86. The number of nitro groups is 1. The number of hydrazone groups is 1. The van der Waals surface area contributed by atoms with Gasteiger partial charge in [0.1, 0.15) is 5.69 Å². The van der Waals surface area contributed by atoms with Gasteiger partial charge in [-0.05, 0) is 36.4 Å². The quantitative estimate of drug-likeness (QED) is 0.331. The molecule has 2 aromatic carbocycles. The number of amides is 1. The Balaban J connectivity index is 1.61. The van der Waals surface area contributed by atoms with Crippen molar-refractivity contribution in [1.29, 1.82) is 0 Å². The van der Waals surface area contributed by atoms with Crippen LogP contribution in [0, 0.1) is 10.1 Å². The summed E-state index contributed by atoms with van der Waals surface area (Å²) in [5.41, 5.74) is 3.19. The molecule has 0 unspecified atom stereocenters. The van der Waals surface area contributed by atoms with Crippen LogP contribution in [0.4, 0.5) is 5.69 Å². The highest BCUT2D eigenvalue weighted by molar-refractivity contribution is 5.96. The second-order valence-corrected chi connectivity index (χ2v) is 7.49. The third-order valence-corrected chi connectivity index (χ3v) is 5.27. The van der Waals surface area contributed by atoms with Crippen molar-refractivity contribution in [3.05, 3.63) is 107 Å². The molecule has 3 heterocycles. The van der Waals surface area contributed by atoms with Crippen LogP contribution < -0.4 is 0 Å². The van der Waals surface area contributed by atoms with Crippen molar-refractivity contribution in [3.8, 4) is 16.9 Å². The first-order valence-electron chi connectivity index (χ1n) is 10.4. The minimum atomic E-state index is -0.872. The Morgan fingerprint density at radius 3 is 2.35 bits per heavy atom. The van der Waals surface area contributed by atoms with Gasteiger partial charge in [-0.25, -0.2) is 4.68 Å². The van der Waals surface area contributed by atoms with E-state index in [1.54, 1.807) is 47.5 Å². The second-order valence-electron chi connectivity index (χ2n) is 7.49. The van der Waals surface area contributed by atoms with Crippen LogP contribution in [-0.2, 0) is 9.53 Å². The topological polar surface area (TPSA) is 116 Å². The lowest BCUT2D eigenvalue weighted by molar-refractivity contribution is -0.384. The van der Waals surface area contributed by atoms with Gasteiger partial charge in [-0.15, -0.1) is 5.10 Å². The van der Waals surface area contributed by atoms with E-state index < -0.39 is 11.2 Å². The summed E-state index contributed by atoms with van der Waals surface area (Å²) >= 11 is 0. The molecule has 5 rings (SSSR count). The van der Waals surface area contributed by atoms with Gasteiger partial charge in [-0.3, -0.25) is 19.9 Å². The first-order valence-corrected chi connectivity index (χ1v) is 10.4. The molecule has 0 saturated carbocycles. The number of ether oxygens (including phenoxy) is 1. The summed E-state index contributed by atoms with van der Waals surface area (Å²) in [4.78, 5) is 27.1. The summed E-state index contributed by atoms with van der Waals surface area (Å²) in [6, 6.07) is 19.0. The third kappa shape index (κ3) is 3.88. The largest absolute Gasteiger partial charge is 0.446 e. The van der Waals surface area contributed by atoms with Gasteiger partial charge in [-0.1, -0.05) is 18.2 Å². The van der Waals surface area contributed by atoms with E-state index in [-0.39, 0.29) is 17.5 Å². The lowest BCUT2D eigenvalue weighted by Crippen LogP contribution is -2.25. The van der Waals surface area contributed by atoms with Crippen molar-refractivity contribution in [3.63, 3.8) is 0 Å². The number of rotatable bonds is 5. The highest BCUT2D eigenvalue weighted by atomic mass is 16.6. The number of hydrogen-bond donors (Lipinski definition) is 0. The fourth-order valence-electron chi connectivity index (χ4n) is 3.63. The van der Waals surface area contributed by atoms with E-state index in [0.717, 1.165) is 5.69 Å². The molecule has 1 atom stereocenters. The summed E-state index contributed by atoms with van der Waals surface area (Å²) in [7, 11) is 0. The highest BCUT2D eigenvalue weighted by Crippen LogP contribution is 2.37. The third-order valence-electron chi connectivity index (χ3n) is 5.27. The normalized spacial score (nSPS) is 15.0. The Kier molecular flexibility index (Phi) is 5.30. The lowest BCUT2D eigenvalue weighted by Gasteiger charge is -2.19. The smallest absolute Gasteiger partial charge is 0.269 e. The number of non-ortho nitro benzene ring substituents is 1.